The van der Waals surface area contributed by atoms with E-state index in [-0.39, 0.29) is 10.8 Å². The van der Waals surface area contributed by atoms with Crippen LogP contribution in [0.25, 0.3) is 11.0 Å². The number of amides is 1. The fourth-order valence-electron chi connectivity index (χ4n) is 4.85. The van der Waals surface area contributed by atoms with Crippen LogP contribution < -0.4 is 4.90 Å². The van der Waals surface area contributed by atoms with Gasteiger partial charge in [0.1, 0.15) is 22.0 Å². The van der Waals surface area contributed by atoms with Crippen LogP contribution in [0.4, 0.5) is 5.69 Å². The molecule has 2 aromatic carbocycles. The first-order chi connectivity index (χ1) is 15.9. The van der Waals surface area contributed by atoms with E-state index < -0.39 is 16.1 Å². The molecular weight excluding hydrogens is 458 g/mol. The summed E-state index contributed by atoms with van der Waals surface area (Å²) in [7, 11) is -3.85. The van der Waals surface area contributed by atoms with Crippen molar-refractivity contribution < 1.29 is 13.2 Å². The lowest BCUT2D eigenvalue weighted by Crippen LogP contribution is -2.54. The predicted molar refractivity (Wildman–Crippen MR) is 129 cm³/mol. The van der Waals surface area contributed by atoms with Gasteiger partial charge in [-0.1, -0.05) is 18.2 Å². The third kappa shape index (κ3) is 3.89. The summed E-state index contributed by atoms with van der Waals surface area (Å²) in [6.45, 7) is 7.22. The number of piperazine rings is 1. The second-order valence-corrected chi connectivity index (χ2v) is 11.1. The lowest BCUT2D eigenvalue weighted by atomic mass is 10.1. The SMILES string of the molecule is Cc1cccc(N2CCN(C(=O)[C@@H]3CCCN3S(=O)(=O)c3cccc4nsnc34)CC2)c1C. The van der Waals surface area contributed by atoms with Crippen molar-refractivity contribution >= 4 is 44.4 Å². The smallest absolute Gasteiger partial charge is 0.246 e. The minimum atomic E-state index is -3.85. The largest absolute Gasteiger partial charge is 0.368 e. The molecule has 10 heteroatoms. The molecule has 3 aromatic rings. The fourth-order valence-corrected chi connectivity index (χ4v) is 7.25. The molecule has 2 aliphatic heterocycles. The summed E-state index contributed by atoms with van der Waals surface area (Å²) in [5.74, 6) is -0.0970. The van der Waals surface area contributed by atoms with Gasteiger partial charge in [0.2, 0.25) is 15.9 Å². The van der Waals surface area contributed by atoms with Crippen LogP contribution in [-0.2, 0) is 14.8 Å². The standard InChI is InChI=1S/C23H27N5O3S2/c1-16-6-3-8-19(17(16)2)26-12-14-27(15-13-26)23(29)20-9-5-11-28(20)33(30,31)21-10-4-7-18-22(21)25-32-24-18/h3-4,6-8,10,20H,5,9,11-15H2,1-2H3/t20-/m0/s1. The van der Waals surface area contributed by atoms with Gasteiger partial charge in [0.15, 0.2) is 0 Å². The minimum Gasteiger partial charge on any atom is -0.368 e. The summed E-state index contributed by atoms with van der Waals surface area (Å²) in [5, 5.41) is 0. The molecule has 1 atom stereocenters. The van der Waals surface area contributed by atoms with Gasteiger partial charge in [-0.15, -0.1) is 0 Å². The Hall–Kier alpha value is -2.56. The Kier molecular flexibility index (Phi) is 5.84. The average Bonchev–Trinajstić information content (AvgIpc) is 3.50. The molecule has 5 rings (SSSR count). The van der Waals surface area contributed by atoms with Crippen LogP contribution in [0.1, 0.15) is 24.0 Å². The molecule has 1 amide bonds. The number of fused-ring (bicyclic) bond motifs is 1. The third-order valence-electron chi connectivity index (χ3n) is 6.83. The number of anilines is 1. The van der Waals surface area contributed by atoms with E-state index in [1.165, 1.54) is 21.1 Å². The Morgan fingerprint density at radius 1 is 1.00 bits per heavy atom. The first-order valence-corrected chi connectivity index (χ1v) is 13.4. The Bertz CT molecular complexity index is 1300. The van der Waals surface area contributed by atoms with Gasteiger partial charge in [0, 0.05) is 38.4 Å². The number of aryl methyl sites for hydroxylation is 1. The fraction of sp³-hybridized carbons (Fsp3) is 0.435. The van der Waals surface area contributed by atoms with Gasteiger partial charge in [-0.3, -0.25) is 4.79 Å². The van der Waals surface area contributed by atoms with Crippen molar-refractivity contribution in [3.05, 3.63) is 47.5 Å². The van der Waals surface area contributed by atoms with E-state index in [1.54, 1.807) is 18.2 Å². The number of rotatable bonds is 4. The molecule has 174 valence electrons. The molecule has 2 saturated heterocycles. The van der Waals surface area contributed by atoms with E-state index in [2.05, 4.69) is 45.7 Å². The normalized spacial score (nSPS) is 20.0. The van der Waals surface area contributed by atoms with Gasteiger partial charge < -0.3 is 9.80 Å². The number of sulfonamides is 1. The molecule has 1 aromatic heterocycles. The highest BCUT2D eigenvalue weighted by molar-refractivity contribution is 7.89. The Morgan fingerprint density at radius 2 is 1.76 bits per heavy atom. The molecule has 2 aliphatic rings. The molecule has 8 nitrogen and oxygen atoms in total. The topological polar surface area (TPSA) is 86.7 Å². The summed E-state index contributed by atoms with van der Waals surface area (Å²) >= 11 is 0.993. The van der Waals surface area contributed by atoms with Gasteiger partial charge in [-0.25, -0.2) is 8.42 Å². The van der Waals surface area contributed by atoms with Crippen molar-refractivity contribution in [3.63, 3.8) is 0 Å². The maximum atomic E-state index is 13.5. The second kappa shape index (κ2) is 8.66. The van der Waals surface area contributed by atoms with Gasteiger partial charge in [0.25, 0.3) is 0 Å². The van der Waals surface area contributed by atoms with Gasteiger partial charge in [-0.2, -0.15) is 13.1 Å². The summed E-state index contributed by atoms with van der Waals surface area (Å²) in [5.41, 5.74) is 4.66. The van der Waals surface area contributed by atoms with Gasteiger partial charge in [0.05, 0.1) is 11.7 Å². The van der Waals surface area contributed by atoms with E-state index in [9.17, 15) is 13.2 Å². The molecular formula is C23H27N5O3S2. The van der Waals surface area contributed by atoms with Crippen molar-refractivity contribution in [1.82, 2.24) is 18.0 Å². The van der Waals surface area contributed by atoms with Crippen molar-refractivity contribution in [3.8, 4) is 0 Å². The summed E-state index contributed by atoms with van der Waals surface area (Å²) < 4.78 is 36.8. The first-order valence-electron chi connectivity index (χ1n) is 11.2. The van der Waals surface area contributed by atoms with E-state index in [0.29, 0.717) is 43.5 Å². The number of hydrogen-bond donors (Lipinski definition) is 0. The average molecular weight is 486 g/mol. The summed E-state index contributed by atoms with van der Waals surface area (Å²) in [4.78, 5) is 17.7. The maximum absolute atomic E-state index is 13.5. The first kappa shape index (κ1) is 22.2. The van der Waals surface area contributed by atoms with Gasteiger partial charge >= 0.3 is 0 Å². The number of nitrogens with zero attached hydrogens (tertiary/aromatic N) is 5. The van der Waals surface area contributed by atoms with Crippen LogP contribution in [0, 0.1) is 13.8 Å². The zero-order chi connectivity index (χ0) is 23.2. The molecule has 0 N–H and O–H groups in total. The van der Waals surface area contributed by atoms with E-state index in [1.807, 2.05) is 4.90 Å². The van der Waals surface area contributed by atoms with Crippen molar-refractivity contribution in [2.75, 3.05) is 37.6 Å². The molecule has 0 saturated carbocycles. The molecule has 0 spiro atoms. The van der Waals surface area contributed by atoms with Crippen molar-refractivity contribution in [2.24, 2.45) is 0 Å². The van der Waals surface area contributed by atoms with Crippen LogP contribution >= 0.6 is 11.7 Å². The lowest BCUT2D eigenvalue weighted by molar-refractivity contribution is -0.134. The molecule has 33 heavy (non-hydrogen) atoms. The summed E-state index contributed by atoms with van der Waals surface area (Å²) in [6, 6.07) is 10.6. The number of aromatic nitrogens is 2. The molecule has 0 unspecified atom stereocenters. The molecule has 0 aliphatic carbocycles. The molecule has 0 radical (unpaired) electrons. The van der Waals surface area contributed by atoms with Crippen LogP contribution in [0.3, 0.4) is 0 Å². The highest BCUT2D eigenvalue weighted by Gasteiger charge is 2.42. The number of hydrogen-bond acceptors (Lipinski definition) is 7. The zero-order valence-corrected chi connectivity index (χ0v) is 20.4. The highest BCUT2D eigenvalue weighted by atomic mass is 32.2. The summed E-state index contributed by atoms with van der Waals surface area (Å²) in [6.07, 6.45) is 1.21. The minimum absolute atomic E-state index is 0.0970. The van der Waals surface area contributed by atoms with Crippen LogP contribution in [0.5, 0.6) is 0 Å². The van der Waals surface area contributed by atoms with Crippen LogP contribution in [0.15, 0.2) is 41.3 Å². The highest BCUT2D eigenvalue weighted by Crippen LogP contribution is 2.31. The number of carbonyl (C=O) groups excluding carboxylic acids is 1. The quantitative estimate of drug-likeness (QED) is 0.565. The van der Waals surface area contributed by atoms with Crippen molar-refractivity contribution in [2.45, 2.75) is 37.6 Å². The van der Waals surface area contributed by atoms with Crippen LogP contribution in [-0.4, -0.2) is 71.0 Å². The number of benzene rings is 2. The molecule has 2 fully saturated rings. The zero-order valence-electron chi connectivity index (χ0n) is 18.8. The third-order valence-corrected chi connectivity index (χ3v) is 9.31. The number of carbonyl (C=O) groups is 1. The molecule has 3 heterocycles. The van der Waals surface area contributed by atoms with E-state index in [4.69, 9.17) is 0 Å². The molecule has 0 bridgehead atoms. The van der Waals surface area contributed by atoms with Crippen molar-refractivity contribution in [1.29, 1.82) is 0 Å². The van der Waals surface area contributed by atoms with E-state index in [0.717, 1.165) is 24.8 Å². The second-order valence-electron chi connectivity index (χ2n) is 8.69. The van der Waals surface area contributed by atoms with Crippen LogP contribution in [0.2, 0.25) is 0 Å². The Labute approximate surface area is 198 Å². The predicted octanol–water partition coefficient (Wildman–Crippen LogP) is 2.81. The maximum Gasteiger partial charge on any atom is 0.246 e. The Morgan fingerprint density at radius 3 is 2.55 bits per heavy atom. The van der Waals surface area contributed by atoms with Gasteiger partial charge in [-0.05, 0) is 56.0 Å². The monoisotopic (exact) mass is 485 g/mol. The Balaban J connectivity index is 1.33. The lowest BCUT2D eigenvalue weighted by Gasteiger charge is -2.38. The van der Waals surface area contributed by atoms with E-state index >= 15 is 0 Å².